The minimum absolute atomic E-state index is 0.129. The van der Waals surface area contributed by atoms with Crippen LogP contribution in [-0.2, 0) is 77.8 Å². The number of aliphatic hydroxyl groups is 15. The quantitative estimate of drug-likeness (QED) is 0.0543. The SMILES string of the molecule is CCC(=O)N[C@H]1C(O)O[C@H](CO)[C@@H](O)[C@@H]1O.CCC(=O)N[C@H]1C(O)O[C@H](CO)[C@@H](O)[C@@H]1O[C@H](C)C(=O)N[C@@H](C)Cc1ccccc1.CCC(=O)N[C@H]1C(O)O[C@H](CO)[C@@H](O)[C@@H]1O[C@H](C)C(=O)O.CCC1=N[C@H]2[C@@H](O1)O[C@H]([C@H]1COC(C)(C)O1)[C@@H]2O.N[C@H]1C(O)O[C@H](CO)[C@@H](O)[C@@H]1O. The Balaban J connectivity index is 0.000000266. The van der Waals surface area contributed by atoms with Crippen LogP contribution in [0.15, 0.2) is 35.3 Å². The second kappa shape index (κ2) is 39.9. The van der Waals surface area contributed by atoms with Crippen molar-refractivity contribution in [2.45, 2.75) is 272 Å². The summed E-state index contributed by atoms with van der Waals surface area (Å²) >= 11 is 0. The number of hydrogen-bond acceptors (Lipinski definition) is 32. The standard InChI is InChI=1S/C21H32N2O7.C12H21NO8.C12H19NO5.C9H17NO6.C6H13NO5/c1-4-16(25)23-17-19(18(26)15(11-24)30-21(17)28)29-13(3)20(27)22-12(2)10-14-8-6-5-7-9-14;1-3-7(15)13-8-10(20-5(2)11(17)18)9(16)6(4-14)21-12(8)19;1-4-7-13-8-9(14)10(17-11(8)16-7)6-5-15-12(2,3)18-6;1-2-5(12)10-6-8(14)7(13)4(3-11)16-9(6)15;7-3-5(10)4(9)2(1-8)12-6(3)11/h5-9,12-13,15,17-19,21,24,26,28H,4,10-11H2,1-3H3,(H,22,27)(H,23,25);5-6,8-10,12,14,16,19H,3-4H2,1-2H3,(H,13,15)(H,17,18);6,8-11,14H,4-5H2,1-3H3;4,6-9,11,13-15H,2-3H2,1H3,(H,10,12);2-6,8-11H,1,7H2/t12-,13+,15+,17+,18+,19+,21?;5-,6-,8-,9-,10-,12?;6-,8-,9-,10-,11+;4-,6-,7-,8-,9?;2-,3-,4-,5-,6?/m01111/s1. The lowest BCUT2D eigenvalue weighted by Gasteiger charge is -2.43. The average molecular weight is 1400 g/mol. The van der Waals surface area contributed by atoms with Gasteiger partial charge in [0.2, 0.25) is 29.9 Å². The van der Waals surface area contributed by atoms with Crippen LogP contribution >= 0.6 is 0 Å². The molecular formula is C60H102N6O31. The van der Waals surface area contributed by atoms with E-state index in [1.807, 2.05) is 58.0 Å². The van der Waals surface area contributed by atoms with Crippen molar-refractivity contribution in [2.75, 3.05) is 33.0 Å². The average Bonchev–Trinajstić information content (AvgIpc) is 1.66. The summed E-state index contributed by atoms with van der Waals surface area (Å²) in [6.45, 7) is 13.4. The summed E-state index contributed by atoms with van der Waals surface area (Å²) in [5.74, 6) is -2.80. The largest absolute Gasteiger partial charge is 0.479 e. The monoisotopic (exact) mass is 1400 g/mol. The molecule has 7 aliphatic rings. The summed E-state index contributed by atoms with van der Waals surface area (Å²) in [4.78, 5) is 62.2. The fraction of sp³-hybridized carbons (Fsp3) is 0.800. The number of nitrogens with two attached hydrogens (primary N) is 1. The smallest absolute Gasteiger partial charge is 0.332 e. The van der Waals surface area contributed by atoms with Crippen LogP contribution in [-0.4, -0.2) is 327 Å². The number of amides is 4. The molecule has 37 heteroatoms. The number of hydrogen-bond donors (Lipinski definition) is 21. The fourth-order valence-electron chi connectivity index (χ4n) is 10.6. The molecule has 0 aromatic heterocycles. The molecule has 4 unspecified atom stereocenters. The molecule has 0 saturated carbocycles. The molecule has 0 bridgehead atoms. The normalized spacial score (nSPS) is 37.3. The van der Waals surface area contributed by atoms with Crippen LogP contribution in [0.4, 0.5) is 0 Å². The molecule has 4 amide bonds. The van der Waals surface area contributed by atoms with Gasteiger partial charge in [-0.15, -0.1) is 0 Å². The molecule has 6 saturated heterocycles. The summed E-state index contributed by atoms with van der Waals surface area (Å²) in [5.41, 5.74) is 6.34. The van der Waals surface area contributed by atoms with Gasteiger partial charge in [-0.1, -0.05) is 58.0 Å². The van der Waals surface area contributed by atoms with E-state index in [-0.39, 0.29) is 49.3 Å². The highest BCUT2D eigenvalue weighted by atomic mass is 16.8. The number of benzene rings is 1. The van der Waals surface area contributed by atoms with Crippen LogP contribution < -0.4 is 27.0 Å². The molecule has 37 nitrogen and oxygen atoms in total. The highest BCUT2D eigenvalue weighted by Crippen LogP contribution is 2.36. The Morgan fingerprint density at radius 1 is 0.588 bits per heavy atom. The summed E-state index contributed by atoms with van der Waals surface area (Å²) in [6.07, 6.45) is -22.8. The third-order valence-electron chi connectivity index (χ3n) is 16.3. The van der Waals surface area contributed by atoms with E-state index in [1.165, 1.54) is 13.8 Å². The highest BCUT2D eigenvalue weighted by molar-refractivity contribution is 5.81. The number of carbonyl (C=O) groups is 5. The molecule has 0 radical (unpaired) electrons. The Kier molecular flexibility index (Phi) is 34.7. The third kappa shape index (κ3) is 23.8. The number of nitrogens with zero attached hydrogens (tertiary/aromatic N) is 1. The molecule has 0 aliphatic carbocycles. The van der Waals surface area contributed by atoms with Gasteiger partial charge in [-0.05, 0) is 46.6 Å². The van der Waals surface area contributed by atoms with Crippen LogP contribution in [0.3, 0.4) is 0 Å². The zero-order valence-corrected chi connectivity index (χ0v) is 55.4. The lowest BCUT2D eigenvalue weighted by atomic mass is 9.96. The Hall–Kier alpha value is -4.96. The van der Waals surface area contributed by atoms with Crippen molar-refractivity contribution in [3.63, 3.8) is 0 Å². The zero-order chi connectivity index (χ0) is 72.9. The summed E-state index contributed by atoms with van der Waals surface area (Å²) in [7, 11) is 0. The van der Waals surface area contributed by atoms with E-state index in [0.29, 0.717) is 25.3 Å². The Morgan fingerprint density at radius 2 is 1.02 bits per heavy atom. The number of fused-ring (bicyclic) bond motifs is 1. The van der Waals surface area contributed by atoms with E-state index in [4.69, 9.17) is 78.6 Å². The number of aliphatic carboxylic acids is 1. The van der Waals surface area contributed by atoms with Crippen LogP contribution in [0.2, 0.25) is 0 Å². The van der Waals surface area contributed by atoms with Crippen LogP contribution in [0, 0.1) is 0 Å². The van der Waals surface area contributed by atoms with Gasteiger partial charge in [0, 0.05) is 31.7 Å². The van der Waals surface area contributed by atoms with Gasteiger partial charge in [0.1, 0.15) is 122 Å². The number of nitrogens with one attached hydrogen (secondary N) is 4. The van der Waals surface area contributed by atoms with Crippen molar-refractivity contribution in [1.29, 1.82) is 0 Å². The van der Waals surface area contributed by atoms with Crippen molar-refractivity contribution in [3.05, 3.63) is 35.9 Å². The van der Waals surface area contributed by atoms with E-state index in [1.54, 1.807) is 20.8 Å². The van der Waals surface area contributed by atoms with Crippen molar-refractivity contribution in [1.82, 2.24) is 21.3 Å². The van der Waals surface area contributed by atoms with Crippen molar-refractivity contribution < 1.29 is 153 Å². The third-order valence-corrected chi connectivity index (χ3v) is 16.3. The molecule has 1 aromatic rings. The van der Waals surface area contributed by atoms with Crippen LogP contribution in [0.5, 0.6) is 0 Å². The molecule has 22 N–H and O–H groups in total. The van der Waals surface area contributed by atoms with E-state index >= 15 is 0 Å². The van der Waals surface area contributed by atoms with Gasteiger partial charge >= 0.3 is 5.97 Å². The summed E-state index contributed by atoms with van der Waals surface area (Å²) in [6, 6.07) is 4.86. The molecule has 28 atom stereocenters. The maximum absolute atomic E-state index is 12.6. The van der Waals surface area contributed by atoms with E-state index < -0.39 is 203 Å². The zero-order valence-electron chi connectivity index (χ0n) is 55.4. The van der Waals surface area contributed by atoms with Gasteiger partial charge < -0.3 is 156 Å². The predicted molar refractivity (Wildman–Crippen MR) is 329 cm³/mol. The number of aliphatic imine (C=N–C) groups is 1. The molecule has 6 fully saturated rings. The van der Waals surface area contributed by atoms with Crippen LogP contribution in [0.25, 0.3) is 0 Å². The molecule has 1 aromatic carbocycles. The fourth-order valence-corrected chi connectivity index (χ4v) is 10.6. The Labute approximate surface area is 559 Å². The van der Waals surface area contributed by atoms with Gasteiger partial charge in [-0.2, -0.15) is 0 Å². The van der Waals surface area contributed by atoms with Gasteiger partial charge in [-0.25, -0.2) is 9.79 Å². The second-order valence-corrected chi connectivity index (χ2v) is 24.1. The molecule has 558 valence electrons. The minimum atomic E-state index is -1.54. The van der Waals surface area contributed by atoms with Gasteiger partial charge in [-0.3, -0.25) is 19.2 Å². The molecule has 0 spiro atoms. The highest BCUT2D eigenvalue weighted by Gasteiger charge is 2.55. The van der Waals surface area contributed by atoms with Gasteiger partial charge in [0.15, 0.2) is 42.9 Å². The van der Waals surface area contributed by atoms with Gasteiger partial charge in [0.05, 0.1) is 39.1 Å². The molecule has 97 heavy (non-hydrogen) atoms. The van der Waals surface area contributed by atoms with Crippen molar-refractivity contribution in [3.8, 4) is 0 Å². The number of ether oxygens (including phenoxy) is 10. The summed E-state index contributed by atoms with van der Waals surface area (Å²) in [5, 5.41) is 162. The second-order valence-electron chi connectivity index (χ2n) is 24.1. The van der Waals surface area contributed by atoms with E-state index in [9.17, 15) is 80.1 Å². The Morgan fingerprint density at radius 3 is 1.44 bits per heavy atom. The maximum Gasteiger partial charge on any atom is 0.332 e. The number of carbonyl (C=O) groups excluding carboxylic acids is 4. The lowest BCUT2D eigenvalue weighted by Crippen LogP contribution is -2.65. The predicted octanol–water partition coefficient (Wildman–Crippen LogP) is -8.23. The number of rotatable bonds is 21. The molecule has 8 rings (SSSR count). The van der Waals surface area contributed by atoms with Crippen LogP contribution in [0.1, 0.15) is 93.6 Å². The topological polar surface area (TPSA) is 588 Å². The summed E-state index contributed by atoms with van der Waals surface area (Å²) < 4.78 is 53.1. The minimum Gasteiger partial charge on any atom is -0.479 e. The van der Waals surface area contributed by atoms with Crippen molar-refractivity contribution in [2.24, 2.45) is 10.7 Å². The first-order valence-corrected chi connectivity index (χ1v) is 31.9. The van der Waals surface area contributed by atoms with E-state index in [2.05, 4.69) is 26.3 Å². The number of carboxylic acids is 1. The number of aliphatic hydroxyl groups excluding tert-OH is 15. The maximum atomic E-state index is 12.6. The Bertz CT molecular complexity index is 2590. The molecule has 7 heterocycles. The molecular weight excluding hydrogens is 1300 g/mol. The van der Waals surface area contributed by atoms with E-state index in [0.717, 1.165) is 5.56 Å². The first-order valence-electron chi connectivity index (χ1n) is 31.9. The number of carboxylic acid groups (broad SMARTS) is 1. The molecule has 7 aliphatic heterocycles. The first-order chi connectivity index (χ1) is 45.7. The van der Waals surface area contributed by atoms with Gasteiger partial charge in [0.25, 0.3) is 0 Å². The lowest BCUT2D eigenvalue weighted by molar-refractivity contribution is -0.267. The first kappa shape index (κ1) is 84.5. The van der Waals surface area contributed by atoms with Crippen molar-refractivity contribution >= 4 is 35.5 Å².